The largest absolute Gasteiger partial charge is 0.381 e. The van der Waals surface area contributed by atoms with Crippen molar-refractivity contribution in [3.05, 3.63) is 41.1 Å². The highest BCUT2D eigenvalue weighted by atomic mass is 32.2. The van der Waals surface area contributed by atoms with E-state index in [1.54, 1.807) is 10.7 Å². The molecule has 10 heteroatoms. The minimum Gasteiger partial charge on any atom is -0.381 e. The SMILES string of the molecule is CSNc1cc(-c2ccn3nc(N)c(C(=O)NCC4CCC4)c3n2)cc2c1C(=O)N(C(C)C1CC1)C2. The van der Waals surface area contributed by atoms with Gasteiger partial charge in [0.2, 0.25) is 0 Å². The molecule has 9 nitrogen and oxygen atoms in total. The number of nitrogens with one attached hydrogen (secondary N) is 2. The number of nitrogens with zero attached hydrogens (tertiary/aromatic N) is 4. The number of hydrogen-bond donors (Lipinski definition) is 3. The molecule has 6 rings (SSSR count). The van der Waals surface area contributed by atoms with E-state index >= 15 is 0 Å². The Bertz CT molecular complexity index is 1360. The van der Waals surface area contributed by atoms with Gasteiger partial charge in [0.05, 0.1) is 16.9 Å². The van der Waals surface area contributed by atoms with Gasteiger partial charge in [-0.25, -0.2) is 9.50 Å². The van der Waals surface area contributed by atoms with Gasteiger partial charge in [-0.15, -0.1) is 5.10 Å². The van der Waals surface area contributed by atoms with Crippen LogP contribution in [0.3, 0.4) is 0 Å². The fraction of sp³-hybridized carbons (Fsp3) is 0.462. The third-order valence-corrected chi connectivity index (χ3v) is 8.28. The Morgan fingerprint density at radius 3 is 2.78 bits per heavy atom. The lowest BCUT2D eigenvalue weighted by atomic mass is 9.85. The predicted octanol–water partition coefficient (Wildman–Crippen LogP) is 3.95. The summed E-state index contributed by atoms with van der Waals surface area (Å²) in [6.07, 6.45) is 9.62. The monoisotopic (exact) mass is 505 g/mol. The average molecular weight is 506 g/mol. The summed E-state index contributed by atoms with van der Waals surface area (Å²) in [5.41, 5.74) is 11.0. The number of nitrogens with two attached hydrogens (primary N) is 1. The van der Waals surface area contributed by atoms with Crippen molar-refractivity contribution in [2.45, 2.75) is 51.6 Å². The third kappa shape index (κ3) is 3.97. The molecule has 1 aromatic carbocycles. The van der Waals surface area contributed by atoms with E-state index in [2.05, 4.69) is 22.1 Å². The van der Waals surface area contributed by atoms with Crippen LogP contribution in [0.25, 0.3) is 16.9 Å². The Kier molecular flexibility index (Phi) is 5.78. The maximum atomic E-state index is 13.3. The lowest BCUT2D eigenvalue weighted by Gasteiger charge is -2.25. The molecule has 0 spiro atoms. The number of hydrogen-bond acceptors (Lipinski definition) is 7. The molecule has 1 aliphatic heterocycles. The second-order valence-corrected chi connectivity index (χ2v) is 10.8. The predicted molar refractivity (Wildman–Crippen MR) is 142 cm³/mol. The Morgan fingerprint density at radius 2 is 2.08 bits per heavy atom. The number of nitrogen functional groups attached to an aromatic ring is 1. The molecule has 4 N–H and O–H groups in total. The number of benzene rings is 1. The Hall–Kier alpha value is -3.27. The van der Waals surface area contributed by atoms with Crippen LogP contribution in [0.2, 0.25) is 0 Å². The topological polar surface area (TPSA) is 118 Å². The van der Waals surface area contributed by atoms with Crippen LogP contribution in [0.1, 0.15) is 65.3 Å². The second kappa shape index (κ2) is 8.99. The van der Waals surface area contributed by atoms with E-state index in [9.17, 15) is 9.59 Å². The summed E-state index contributed by atoms with van der Waals surface area (Å²) in [5, 5.41) is 7.31. The fourth-order valence-corrected chi connectivity index (χ4v) is 5.71. The second-order valence-electron chi connectivity index (χ2n) is 10.2. The summed E-state index contributed by atoms with van der Waals surface area (Å²) in [4.78, 5) is 33.1. The first kappa shape index (κ1) is 23.1. The zero-order chi connectivity index (χ0) is 25.0. The highest BCUT2D eigenvalue weighted by Crippen LogP contribution is 2.41. The quantitative estimate of drug-likeness (QED) is 0.397. The van der Waals surface area contributed by atoms with Gasteiger partial charge >= 0.3 is 0 Å². The number of fused-ring (bicyclic) bond motifs is 2. The molecule has 2 fully saturated rings. The summed E-state index contributed by atoms with van der Waals surface area (Å²) in [7, 11) is 0. The maximum absolute atomic E-state index is 13.3. The van der Waals surface area contributed by atoms with Crippen LogP contribution in [0, 0.1) is 11.8 Å². The van der Waals surface area contributed by atoms with Crippen molar-refractivity contribution in [1.82, 2.24) is 24.8 Å². The molecule has 0 radical (unpaired) electrons. The maximum Gasteiger partial charge on any atom is 0.258 e. The average Bonchev–Trinajstić information content (AvgIpc) is 3.55. The molecule has 0 bridgehead atoms. The molecule has 1 atom stereocenters. The number of aromatic nitrogens is 3. The number of carbonyl (C=O) groups excluding carboxylic acids is 2. The Labute approximate surface area is 214 Å². The number of rotatable bonds is 8. The first-order valence-corrected chi connectivity index (χ1v) is 13.9. The van der Waals surface area contributed by atoms with Gasteiger partial charge in [0.1, 0.15) is 5.56 Å². The molecule has 3 heterocycles. The van der Waals surface area contributed by atoms with Crippen LogP contribution in [-0.2, 0) is 6.54 Å². The standard InChI is InChI=1S/C26H31N7O2S/c1-14(16-6-7-16)32-13-18-10-17(11-20(31-36-2)21(18)26(32)35)19-8-9-33-24(29-19)22(23(27)30-33)25(34)28-12-15-4-3-5-15/h8-11,14-16,31H,3-7,12-13H2,1-2H3,(H2,27,30)(H,28,34). The molecule has 0 saturated heterocycles. The lowest BCUT2D eigenvalue weighted by Crippen LogP contribution is -2.34. The summed E-state index contributed by atoms with van der Waals surface area (Å²) >= 11 is 1.46. The zero-order valence-electron chi connectivity index (χ0n) is 20.6. The van der Waals surface area contributed by atoms with Crippen LogP contribution in [0.5, 0.6) is 0 Å². The van der Waals surface area contributed by atoms with Gasteiger partial charge in [-0.2, -0.15) is 0 Å². The lowest BCUT2D eigenvalue weighted by molar-refractivity contribution is 0.0698. The van der Waals surface area contributed by atoms with Crippen LogP contribution in [0.15, 0.2) is 24.4 Å². The van der Waals surface area contributed by atoms with E-state index in [0.717, 1.165) is 35.2 Å². The molecule has 36 heavy (non-hydrogen) atoms. The van der Waals surface area contributed by atoms with Gasteiger partial charge in [0.15, 0.2) is 11.5 Å². The third-order valence-electron chi connectivity index (χ3n) is 7.85. The van der Waals surface area contributed by atoms with Gasteiger partial charge in [-0.1, -0.05) is 18.4 Å². The zero-order valence-corrected chi connectivity index (χ0v) is 21.4. The molecule has 2 saturated carbocycles. The summed E-state index contributed by atoms with van der Waals surface area (Å²) < 4.78 is 4.85. The first-order chi connectivity index (χ1) is 17.4. The van der Waals surface area contributed by atoms with Crippen LogP contribution in [-0.4, -0.2) is 50.2 Å². The van der Waals surface area contributed by atoms with Gasteiger partial charge in [-0.05, 0) is 68.2 Å². The molecule has 1 unspecified atom stereocenters. The molecule has 2 aromatic heterocycles. The van der Waals surface area contributed by atoms with Crippen molar-refractivity contribution in [2.24, 2.45) is 11.8 Å². The van der Waals surface area contributed by atoms with Crippen molar-refractivity contribution in [2.75, 3.05) is 23.3 Å². The summed E-state index contributed by atoms with van der Waals surface area (Å²) in [6.45, 7) is 3.40. The van der Waals surface area contributed by atoms with Crippen molar-refractivity contribution < 1.29 is 9.59 Å². The van der Waals surface area contributed by atoms with Crippen LogP contribution < -0.4 is 15.8 Å². The minimum absolute atomic E-state index is 0.0879. The van der Waals surface area contributed by atoms with E-state index in [1.165, 1.54) is 31.2 Å². The van der Waals surface area contributed by atoms with Gasteiger partial charge in [0, 0.05) is 37.1 Å². The van der Waals surface area contributed by atoms with Crippen LogP contribution >= 0.6 is 11.9 Å². The van der Waals surface area contributed by atoms with Gasteiger partial charge in [0.25, 0.3) is 11.8 Å². The van der Waals surface area contributed by atoms with Crippen molar-refractivity contribution >= 4 is 40.9 Å². The molecule has 3 aromatic rings. The molecule has 2 aliphatic carbocycles. The fourth-order valence-electron chi connectivity index (χ4n) is 5.33. The van der Waals surface area contributed by atoms with Crippen molar-refractivity contribution in [3.63, 3.8) is 0 Å². The molecule has 2 amide bonds. The number of anilines is 2. The smallest absolute Gasteiger partial charge is 0.258 e. The normalized spacial score (nSPS) is 18.3. The van der Waals surface area contributed by atoms with Crippen molar-refractivity contribution in [3.8, 4) is 11.3 Å². The summed E-state index contributed by atoms with van der Waals surface area (Å²) in [6, 6.07) is 6.11. The molecule has 188 valence electrons. The van der Waals surface area contributed by atoms with E-state index in [1.807, 2.05) is 29.4 Å². The first-order valence-electron chi connectivity index (χ1n) is 12.6. The Morgan fingerprint density at radius 1 is 1.28 bits per heavy atom. The highest BCUT2D eigenvalue weighted by molar-refractivity contribution is 7.99. The number of amides is 2. The van der Waals surface area contributed by atoms with E-state index in [0.29, 0.717) is 41.8 Å². The van der Waals surface area contributed by atoms with Crippen LogP contribution in [0.4, 0.5) is 11.5 Å². The summed E-state index contributed by atoms with van der Waals surface area (Å²) in [5.74, 6) is 1.15. The van der Waals surface area contributed by atoms with E-state index in [-0.39, 0.29) is 23.7 Å². The van der Waals surface area contributed by atoms with E-state index in [4.69, 9.17) is 10.7 Å². The van der Waals surface area contributed by atoms with Gasteiger partial charge < -0.3 is 20.7 Å². The number of carbonyl (C=O) groups is 2. The van der Waals surface area contributed by atoms with E-state index < -0.39 is 0 Å². The molecular formula is C26H31N7O2S. The Balaban J connectivity index is 1.36. The molecular weight excluding hydrogens is 474 g/mol. The minimum atomic E-state index is -0.243. The highest BCUT2D eigenvalue weighted by Gasteiger charge is 2.39. The van der Waals surface area contributed by atoms with Gasteiger partial charge in [-0.3, -0.25) is 9.59 Å². The van der Waals surface area contributed by atoms with Crippen molar-refractivity contribution in [1.29, 1.82) is 0 Å². The molecule has 3 aliphatic rings.